The molecule has 0 saturated heterocycles. The third-order valence-electron chi connectivity index (χ3n) is 4.47. The van der Waals surface area contributed by atoms with Gasteiger partial charge >= 0.3 is 0 Å². The second kappa shape index (κ2) is 8.13. The Bertz CT molecular complexity index is 213. The summed E-state index contributed by atoms with van der Waals surface area (Å²) in [4.78, 5) is 2.38. The number of aliphatic hydroxyl groups is 1. The highest BCUT2D eigenvalue weighted by Gasteiger charge is 2.27. The van der Waals surface area contributed by atoms with Gasteiger partial charge in [0.05, 0.1) is 5.60 Å². The molecule has 3 heteroatoms. The summed E-state index contributed by atoms with van der Waals surface area (Å²) in [7, 11) is 2.18. The lowest BCUT2D eigenvalue weighted by Crippen LogP contribution is -2.43. The van der Waals surface area contributed by atoms with E-state index in [1.807, 2.05) is 0 Å². The zero-order chi connectivity index (χ0) is 13.4. The second-order valence-electron chi connectivity index (χ2n) is 6.05. The average Bonchev–Trinajstić information content (AvgIpc) is 2.58. The SMILES string of the molecule is CCC(C)N(C)CCNCC1(O)CCCCCC1. The molecule has 0 amide bonds. The van der Waals surface area contributed by atoms with Crippen LogP contribution in [0.15, 0.2) is 0 Å². The summed E-state index contributed by atoms with van der Waals surface area (Å²) in [5, 5.41) is 13.9. The van der Waals surface area contributed by atoms with E-state index in [4.69, 9.17) is 0 Å². The Balaban J connectivity index is 2.16. The Morgan fingerprint density at radius 2 is 1.83 bits per heavy atom. The number of hydrogen-bond donors (Lipinski definition) is 2. The van der Waals surface area contributed by atoms with Crippen LogP contribution in [0.1, 0.15) is 58.8 Å². The minimum atomic E-state index is -0.439. The van der Waals surface area contributed by atoms with E-state index < -0.39 is 5.60 Å². The zero-order valence-corrected chi connectivity index (χ0v) is 12.5. The fraction of sp³-hybridized carbons (Fsp3) is 1.00. The molecule has 1 atom stereocenters. The van der Waals surface area contributed by atoms with Crippen molar-refractivity contribution in [2.45, 2.75) is 70.4 Å². The molecule has 0 aromatic heterocycles. The van der Waals surface area contributed by atoms with Crippen LogP contribution in [0.3, 0.4) is 0 Å². The molecule has 1 aliphatic rings. The maximum absolute atomic E-state index is 10.5. The van der Waals surface area contributed by atoms with Crippen molar-refractivity contribution in [2.24, 2.45) is 0 Å². The van der Waals surface area contributed by atoms with Crippen molar-refractivity contribution in [3.63, 3.8) is 0 Å². The molecule has 0 aromatic rings. The van der Waals surface area contributed by atoms with Crippen LogP contribution in [0.5, 0.6) is 0 Å². The molecular weight excluding hydrogens is 224 g/mol. The van der Waals surface area contributed by atoms with Crippen molar-refractivity contribution in [1.82, 2.24) is 10.2 Å². The number of nitrogens with zero attached hydrogens (tertiary/aromatic N) is 1. The van der Waals surface area contributed by atoms with E-state index in [2.05, 4.69) is 31.1 Å². The normalized spacial score (nSPS) is 21.8. The van der Waals surface area contributed by atoms with Gasteiger partial charge in [0.2, 0.25) is 0 Å². The minimum absolute atomic E-state index is 0.439. The quantitative estimate of drug-likeness (QED) is 0.542. The molecule has 1 rings (SSSR count). The Morgan fingerprint density at radius 3 is 2.39 bits per heavy atom. The average molecular weight is 256 g/mol. The summed E-state index contributed by atoms with van der Waals surface area (Å²) in [5.41, 5.74) is -0.439. The monoisotopic (exact) mass is 256 g/mol. The van der Waals surface area contributed by atoms with Gasteiger partial charge in [-0.2, -0.15) is 0 Å². The van der Waals surface area contributed by atoms with Crippen molar-refractivity contribution >= 4 is 0 Å². The number of hydrogen-bond acceptors (Lipinski definition) is 3. The van der Waals surface area contributed by atoms with E-state index in [1.54, 1.807) is 0 Å². The molecule has 108 valence electrons. The van der Waals surface area contributed by atoms with Crippen LogP contribution in [0.25, 0.3) is 0 Å². The first-order valence-electron chi connectivity index (χ1n) is 7.71. The van der Waals surface area contributed by atoms with E-state index in [0.29, 0.717) is 6.04 Å². The minimum Gasteiger partial charge on any atom is -0.389 e. The highest BCUT2D eigenvalue weighted by Crippen LogP contribution is 2.26. The molecule has 1 aliphatic carbocycles. The maximum atomic E-state index is 10.5. The Hall–Kier alpha value is -0.120. The molecule has 0 aliphatic heterocycles. The van der Waals surface area contributed by atoms with Crippen molar-refractivity contribution in [3.05, 3.63) is 0 Å². The van der Waals surface area contributed by atoms with Crippen molar-refractivity contribution < 1.29 is 5.11 Å². The fourth-order valence-corrected chi connectivity index (χ4v) is 2.67. The molecule has 1 unspecified atom stereocenters. The van der Waals surface area contributed by atoms with Crippen molar-refractivity contribution in [3.8, 4) is 0 Å². The van der Waals surface area contributed by atoms with Gasteiger partial charge in [0, 0.05) is 25.7 Å². The van der Waals surface area contributed by atoms with E-state index in [9.17, 15) is 5.11 Å². The Morgan fingerprint density at radius 1 is 1.22 bits per heavy atom. The van der Waals surface area contributed by atoms with Gasteiger partial charge < -0.3 is 15.3 Å². The third-order valence-corrected chi connectivity index (χ3v) is 4.47. The predicted molar refractivity (Wildman–Crippen MR) is 77.9 cm³/mol. The Kier molecular flexibility index (Phi) is 7.20. The highest BCUT2D eigenvalue weighted by molar-refractivity contribution is 4.83. The summed E-state index contributed by atoms with van der Waals surface area (Å²) >= 11 is 0. The summed E-state index contributed by atoms with van der Waals surface area (Å²) in [6.07, 6.45) is 8.09. The van der Waals surface area contributed by atoms with Crippen LogP contribution in [-0.4, -0.2) is 48.3 Å². The highest BCUT2D eigenvalue weighted by atomic mass is 16.3. The first kappa shape index (κ1) is 15.9. The summed E-state index contributed by atoms with van der Waals surface area (Å²) in [6.45, 7) is 7.29. The van der Waals surface area contributed by atoms with Crippen LogP contribution < -0.4 is 5.32 Å². The number of rotatable bonds is 7. The predicted octanol–water partition coefficient (Wildman–Crippen LogP) is 2.39. The molecule has 3 nitrogen and oxygen atoms in total. The van der Waals surface area contributed by atoms with Crippen molar-refractivity contribution in [2.75, 3.05) is 26.7 Å². The van der Waals surface area contributed by atoms with Gasteiger partial charge in [0.15, 0.2) is 0 Å². The Labute approximate surface area is 113 Å². The summed E-state index contributed by atoms with van der Waals surface area (Å²) in [6, 6.07) is 0.646. The molecule has 0 radical (unpaired) electrons. The summed E-state index contributed by atoms with van der Waals surface area (Å²) < 4.78 is 0. The molecule has 2 N–H and O–H groups in total. The molecule has 0 bridgehead atoms. The summed E-state index contributed by atoms with van der Waals surface area (Å²) in [5.74, 6) is 0. The number of nitrogens with one attached hydrogen (secondary N) is 1. The van der Waals surface area contributed by atoms with E-state index in [1.165, 1.54) is 32.1 Å². The zero-order valence-electron chi connectivity index (χ0n) is 12.5. The molecule has 1 saturated carbocycles. The third kappa shape index (κ3) is 5.68. The van der Waals surface area contributed by atoms with Gasteiger partial charge in [-0.15, -0.1) is 0 Å². The van der Waals surface area contributed by atoms with Gasteiger partial charge in [-0.1, -0.05) is 32.6 Å². The first-order chi connectivity index (χ1) is 8.57. The second-order valence-corrected chi connectivity index (χ2v) is 6.05. The smallest absolute Gasteiger partial charge is 0.0771 e. The van der Waals surface area contributed by atoms with Gasteiger partial charge in [-0.3, -0.25) is 0 Å². The molecule has 1 fully saturated rings. The molecular formula is C15H32N2O. The largest absolute Gasteiger partial charge is 0.389 e. The standard InChI is InChI=1S/C15H32N2O/c1-4-14(2)17(3)12-11-16-13-15(18)9-7-5-6-8-10-15/h14,16,18H,4-13H2,1-3H3. The molecule has 0 heterocycles. The van der Waals surface area contributed by atoms with E-state index in [0.717, 1.165) is 32.5 Å². The van der Waals surface area contributed by atoms with Crippen LogP contribution >= 0.6 is 0 Å². The maximum Gasteiger partial charge on any atom is 0.0771 e. The van der Waals surface area contributed by atoms with Gasteiger partial charge in [0.25, 0.3) is 0 Å². The van der Waals surface area contributed by atoms with Crippen LogP contribution in [0, 0.1) is 0 Å². The van der Waals surface area contributed by atoms with Gasteiger partial charge in [-0.25, -0.2) is 0 Å². The fourth-order valence-electron chi connectivity index (χ4n) is 2.67. The lowest BCUT2D eigenvalue weighted by molar-refractivity contribution is 0.0249. The van der Waals surface area contributed by atoms with Crippen molar-refractivity contribution in [1.29, 1.82) is 0 Å². The van der Waals surface area contributed by atoms with Crippen LogP contribution in [0.2, 0.25) is 0 Å². The lowest BCUT2D eigenvalue weighted by atomic mass is 9.94. The van der Waals surface area contributed by atoms with E-state index in [-0.39, 0.29) is 0 Å². The van der Waals surface area contributed by atoms with Crippen LogP contribution in [0.4, 0.5) is 0 Å². The van der Waals surface area contributed by atoms with Gasteiger partial charge in [0.1, 0.15) is 0 Å². The lowest BCUT2D eigenvalue weighted by Gasteiger charge is -2.28. The van der Waals surface area contributed by atoms with E-state index >= 15 is 0 Å². The molecule has 0 aromatic carbocycles. The molecule has 18 heavy (non-hydrogen) atoms. The molecule has 0 spiro atoms. The first-order valence-corrected chi connectivity index (χ1v) is 7.71. The topological polar surface area (TPSA) is 35.5 Å². The number of likely N-dealkylation sites (N-methyl/N-ethyl adjacent to an activating group) is 1. The van der Waals surface area contributed by atoms with Crippen LogP contribution in [-0.2, 0) is 0 Å². The van der Waals surface area contributed by atoms with Gasteiger partial charge in [-0.05, 0) is 33.2 Å².